The third-order valence-corrected chi connectivity index (χ3v) is 5.85. The Balaban J connectivity index is 1.46. The van der Waals surface area contributed by atoms with Crippen LogP contribution >= 0.6 is 15.9 Å². The number of aromatic nitrogens is 1. The van der Waals surface area contributed by atoms with Gasteiger partial charge in [-0.1, -0.05) is 31.2 Å². The SMILES string of the molecule is CCN1CCNC1c1ccc(C(=O)Nc2ccccc2C(=O)Nc2ccc(Br)cn2)cc1. The monoisotopic (exact) mass is 493 g/mol. The highest BCUT2D eigenvalue weighted by atomic mass is 79.9. The van der Waals surface area contributed by atoms with Gasteiger partial charge in [-0.05, 0) is 64.4 Å². The number of pyridine rings is 1. The summed E-state index contributed by atoms with van der Waals surface area (Å²) >= 11 is 3.32. The van der Waals surface area contributed by atoms with Crippen molar-refractivity contribution in [3.8, 4) is 0 Å². The Bertz CT molecular complexity index is 1100. The summed E-state index contributed by atoms with van der Waals surface area (Å²) in [5, 5.41) is 9.09. The van der Waals surface area contributed by atoms with E-state index in [-0.39, 0.29) is 18.0 Å². The number of hydrogen-bond donors (Lipinski definition) is 3. The van der Waals surface area contributed by atoms with E-state index in [2.05, 4.69) is 48.7 Å². The largest absolute Gasteiger partial charge is 0.321 e. The Morgan fingerprint density at radius 3 is 2.56 bits per heavy atom. The molecule has 1 aromatic heterocycles. The van der Waals surface area contributed by atoms with E-state index in [1.807, 2.05) is 24.3 Å². The lowest BCUT2D eigenvalue weighted by Crippen LogP contribution is -2.27. The molecule has 3 N–H and O–H groups in total. The molecular weight excluding hydrogens is 470 g/mol. The molecule has 7 nitrogen and oxygen atoms in total. The zero-order valence-corrected chi connectivity index (χ0v) is 19.2. The number of rotatable bonds is 6. The Hall–Kier alpha value is -3.07. The van der Waals surface area contributed by atoms with Crippen LogP contribution in [0.1, 0.15) is 39.4 Å². The summed E-state index contributed by atoms with van der Waals surface area (Å²) in [6.45, 7) is 5.07. The van der Waals surface area contributed by atoms with Gasteiger partial charge in [0, 0.05) is 29.3 Å². The van der Waals surface area contributed by atoms with Crippen LogP contribution in [-0.2, 0) is 0 Å². The molecule has 8 heteroatoms. The van der Waals surface area contributed by atoms with Crippen LogP contribution in [0.3, 0.4) is 0 Å². The lowest BCUT2D eigenvalue weighted by Gasteiger charge is -2.22. The van der Waals surface area contributed by atoms with Crippen molar-refractivity contribution in [1.29, 1.82) is 0 Å². The van der Waals surface area contributed by atoms with Crippen molar-refractivity contribution in [3.05, 3.63) is 88.0 Å². The number of anilines is 2. The summed E-state index contributed by atoms with van der Waals surface area (Å²) in [4.78, 5) is 32.1. The molecule has 2 aromatic carbocycles. The Kier molecular flexibility index (Phi) is 6.94. The molecule has 164 valence electrons. The molecule has 1 fully saturated rings. The maximum atomic E-state index is 12.9. The first-order valence-electron chi connectivity index (χ1n) is 10.5. The van der Waals surface area contributed by atoms with Gasteiger partial charge >= 0.3 is 0 Å². The van der Waals surface area contributed by atoms with Gasteiger partial charge < -0.3 is 10.6 Å². The molecule has 1 saturated heterocycles. The van der Waals surface area contributed by atoms with Crippen LogP contribution in [0, 0.1) is 0 Å². The molecule has 0 spiro atoms. The lowest BCUT2D eigenvalue weighted by atomic mass is 10.1. The predicted molar refractivity (Wildman–Crippen MR) is 129 cm³/mol. The van der Waals surface area contributed by atoms with Crippen molar-refractivity contribution in [2.45, 2.75) is 13.1 Å². The van der Waals surface area contributed by atoms with Crippen molar-refractivity contribution in [2.24, 2.45) is 0 Å². The van der Waals surface area contributed by atoms with Gasteiger partial charge in [-0.25, -0.2) is 4.98 Å². The molecule has 2 amide bonds. The summed E-state index contributed by atoms with van der Waals surface area (Å²) in [5.74, 6) is -0.195. The number of nitrogens with zero attached hydrogens (tertiary/aromatic N) is 2. The van der Waals surface area contributed by atoms with Crippen molar-refractivity contribution in [3.63, 3.8) is 0 Å². The Labute approximate surface area is 195 Å². The third kappa shape index (κ3) is 5.04. The van der Waals surface area contributed by atoms with E-state index in [1.54, 1.807) is 42.6 Å². The van der Waals surface area contributed by atoms with Gasteiger partial charge in [0.25, 0.3) is 11.8 Å². The van der Waals surface area contributed by atoms with Crippen LogP contribution in [0.25, 0.3) is 0 Å². The van der Waals surface area contributed by atoms with Gasteiger partial charge in [0.15, 0.2) is 0 Å². The number of carbonyl (C=O) groups is 2. The summed E-state index contributed by atoms with van der Waals surface area (Å²) < 4.78 is 0.820. The second-order valence-corrected chi connectivity index (χ2v) is 8.34. The normalized spacial score (nSPS) is 16.0. The van der Waals surface area contributed by atoms with E-state index in [1.165, 1.54) is 0 Å². The van der Waals surface area contributed by atoms with Crippen molar-refractivity contribution in [1.82, 2.24) is 15.2 Å². The highest BCUT2D eigenvalue weighted by molar-refractivity contribution is 9.10. The van der Waals surface area contributed by atoms with Gasteiger partial charge in [-0.15, -0.1) is 0 Å². The number of amides is 2. The van der Waals surface area contributed by atoms with Crippen molar-refractivity contribution >= 4 is 39.2 Å². The predicted octanol–water partition coefficient (Wildman–Crippen LogP) is 4.27. The van der Waals surface area contributed by atoms with E-state index >= 15 is 0 Å². The van der Waals surface area contributed by atoms with E-state index < -0.39 is 0 Å². The second kappa shape index (κ2) is 10.0. The molecule has 3 aromatic rings. The summed E-state index contributed by atoms with van der Waals surface area (Å²) in [5.41, 5.74) is 2.45. The fraction of sp³-hybridized carbons (Fsp3) is 0.208. The van der Waals surface area contributed by atoms with Crippen LogP contribution in [0.4, 0.5) is 11.5 Å². The van der Waals surface area contributed by atoms with Gasteiger partial charge in [-0.2, -0.15) is 0 Å². The molecule has 0 aliphatic carbocycles. The average molecular weight is 494 g/mol. The molecule has 0 bridgehead atoms. The first-order chi connectivity index (χ1) is 15.5. The van der Waals surface area contributed by atoms with Crippen LogP contribution < -0.4 is 16.0 Å². The number of carbonyl (C=O) groups excluding carboxylic acids is 2. The molecule has 1 aliphatic heterocycles. The number of likely N-dealkylation sites (N-methyl/N-ethyl adjacent to an activating group) is 1. The van der Waals surface area contributed by atoms with Crippen LogP contribution in [0.2, 0.25) is 0 Å². The van der Waals surface area contributed by atoms with E-state index in [0.717, 1.165) is 29.7 Å². The molecule has 0 saturated carbocycles. The summed E-state index contributed by atoms with van der Waals surface area (Å²) in [6, 6.07) is 18.0. The van der Waals surface area contributed by atoms with Gasteiger partial charge in [-0.3, -0.25) is 19.8 Å². The Morgan fingerprint density at radius 2 is 1.84 bits per heavy atom. The summed E-state index contributed by atoms with van der Waals surface area (Å²) in [7, 11) is 0. The minimum atomic E-state index is -0.349. The number of benzene rings is 2. The number of para-hydroxylation sites is 1. The van der Waals surface area contributed by atoms with Crippen LogP contribution in [0.15, 0.2) is 71.3 Å². The van der Waals surface area contributed by atoms with Crippen LogP contribution in [0.5, 0.6) is 0 Å². The topological polar surface area (TPSA) is 86.4 Å². The maximum Gasteiger partial charge on any atom is 0.258 e. The first-order valence-corrected chi connectivity index (χ1v) is 11.2. The molecule has 32 heavy (non-hydrogen) atoms. The molecular formula is C24H24BrN5O2. The van der Waals surface area contributed by atoms with E-state index in [0.29, 0.717) is 22.6 Å². The zero-order valence-electron chi connectivity index (χ0n) is 17.6. The van der Waals surface area contributed by atoms with Crippen LogP contribution in [-0.4, -0.2) is 41.3 Å². The smallest absolute Gasteiger partial charge is 0.258 e. The fourth-order valence-electron chi connectivity index (χ4n) is 3.71. The second-order valence-electron chi connectivity index (χ2n) is 7.42. The number of nitrogens with one attached hydrogen (secondary N) is 3. The molecule has 1 aliphatic rings. The maximum absolute atomic E-state index is 12.9. The highest BCUT2D eigenvalue weighted by Gasteiger charge is 2.24. The van der Waals surface area contributed by atoms with Gasteiger partial charge in [0.05, 0.1) is 17.4 Å². The van der Waals surface area contributed by atoms with E-state index in [9.17, 15) is 9.59 Å². The molecule has 4 rings (SSSR count). The van der Waals surface area contributed by atoms with E-state index in [4.69, 9.17) is 0 Å². The quantitative estimate of drug-likeness (QED) is 0.477. The summed E-state index contributed by atoms with van der Waals surface area (Å²) in [6.07, 6.45) is 1.78. The number of halogens is 1. The van der Waals surface area contributed by atoms with Gasteiger partial charge in [0.2, 0.25) is 0 Å². The van der Waals surface area contributed by atoms with Crippen molar-refractivity contribution < 1.29 is 9.59 Å². The molecule has 1 unspecified atom stereocenters. The van der Waals surface area contributed by atoms with Gasteiger partial charge in [0.1, 0.15) is 5.82 Å². The standard InChI is InChI=1S/C24H24BrN5O2/c1-2-30-14-13-26-22(30)16-7-9-17(10-8-16)23(31)28-20-6-4-3-5-19(20)24(32)29-21-12-11-18(25)15-27-21/h3-12,15,22,26H,2,13-14H2,1H3,(H,28,31)(H,27,29,32). The fourth-order valence-corrected chi connectivity index (χ4v) is 3.94. The first kappa shape index (κ1) is 22.1. The highest BCUT2D eigenvalue weighted by Crippen LogP contribution is 2.23. The molecule has 2 heterocycles. The number of hydrogen-bond acceptors (Lipinski definition) is 5. The minimum absolute atomic E-state index is 0.175. The zero-order chi connectivity index (χ0) is 22.5. The van der Waals surface area contributed by atoms with Crippen molar-refractivity contribution in [2.75, 3.05) is 30.3 Å². The third-order valence-electron chi connectivity index (χ3n) is 5.39. The average Bonchev–Trinajstić information content (AvgIpc) is 3.30. The molecule has 0 radical (unpaired) electrons. The minimum Gasteiger partial charge on any atom is -0.321 e. The lowest BCUT2D eigenvalue weighted by molar-refractivity contribution is 0.102. The molecule has 1 atom stereocenters. The Morgan fingerprint density at radius 1 is 1.06 bits per heavy atom.